The number of nitrogens with zero attached hydrogens (tertiary/aromatic N) is 1. The third-order valence-electron chi connectivity index (χ3n) is 5.14. The second-order valence-corrected chi connectivity index (χ2v) is 8.71. The molecule has 2 aromatic rings. The molecule has 1 unspecified atom stereocenters. The van der Waals surface area contributed by atoms with E-state index in [1.165, 1.54) is 31.0 Å². The number of amidine groups is 1. The summed E-state index contributed by atoms with van der Waals surface area (Å²) in [7, 11) is 0. The highest BCUT2D eigenvalue weighted by molar-refractivity contribution is 8.15. The van der Waals surface area contributed by atoms with E-state index in [2.05, 4.69) is 15.6 Å². The highest BCUT2D eigenvalue weighted by Crippen LogP contribution is 2.27. The predicted octanol–water partition coefficient (Wildman–Crippen LogP) is 4.73. The molecule has 2 aliphatic rings. The minimum Gasteiger partial charge on any atom is -0.457 e. The van der Waals surface area contributed by atoms with Gasteiger partial charge in [0.05, 0.1) is 6.04 Å². The first kappa shape index (κ1) is 20.5. The predicted molar refractivity (Wildman–Crippen MR) is 120 cm³/mol. The van der Waals surface area contributed by atoms with Crippen molar-refractivity contribution in [3.8, 4) is 11.5 Å². The number of benzene rings is 2. The van der Waals surface area contributed by atoms with Crippen LogP contribution in [0.4, 0.5) is 5.69 Å². The average molecular weight is 424 g/mol. The molecule has 4 rings (SSSR count). The zero-order chi connectivity index (χ0) is 20.8. The molecule has 0 radical (unpaired) electrons. The minimum absolute atomic E-state index is 0.114. The average Bonchev–Trinajstić information content (AvgIpc) is 3.09. The van der Waals surface area contributed by atoms with Crippen molar-refractivity contribution in [2.24, 2.45) is 4.99 Å². The molecule has 30 heavy (non-hydrogen) atoms. The lowest BCUT2D eigenvalue weighted by Crippen LogP contribution is -2.28. The van der Waals surface area contributed by atoms with Crippen molar-refractivity contribution in [3.05, 3.63) is 54.6 Å². The van der Waals surface area contributed by atoms with E-state index in [-0.39, 0.29) is 18.2 Å². The van der Waals surface area contributed by atoms with Gasteiger partial charge in [-0.15, -0.1) is 0 Å². The molecule has 1 saturated carbocycles. The van der Waals surface area contributed by atoms with Crippen molar-refractivity contribution in [3.63, 3.8) is 0 Å². The molecule has 1 aliphatic heterocycles. The van der Waals surface area contributed by atoms with E-state index in [1.54, 1.807) is 24.3 Å². The van der Waals surface area contributed by atoms with Crippen molar-refractivity contribution < 1.29 is 14.3 Å². The highest BCUT2D eigenvalue weighted by Gasteiger charge is 2.32. The van der Waals surface area contributed by atoms with Crippen molar-refractivity contribution in [1.29, 1.82) is 0 Å². The Morgan fingerprint density at radius 1 is 1.03 bits per heavy atom. The van der Waals surface area contributed by atoms with Gasteiger partial charge in [-0.1, -0.05) is 49.2 Å². The lowest BCUT2D eigenvalue weighted by atomic mass is 9.96. The summed E-state index contributed by atoms with van der Waals surface area (Å²) in [4.78, 5) is 29.3. The van der Waals surface area contributed by atoms with Gasteiger partial charge in [-0.25, -0.2) is 0 Å². The highest BCUT2D eigenvalue weighted by atomic mass is 32.2. The summed E-state index contributed by atoms with van der Waals surface area (Å²) < 4.78 is 5.75. The molecular weight excluding hydrogens is 398 g/mol. The summed E-state index contributed by atoms with van der Waals surface area (Å²) in [6.45, 7) is 0. The second kappa shape index (κ2) is 9.80. The van der Waals surface area contributed by atoms with Crippen LogP contribution < -0.4 is 15.4 Å². The van der Waals surface area contributed by atoms with E-state index in [9.17, 15) is 9.59 Å². The van der Waals surface area contributed by atoms with Gasteiger partial charge < -0.3 is 15.4 Å². The van der Waals surface area contributed by atoms with Gasteiger partial charge in [-0.05, 0) is 49.2 Å². The summed E-state index contributed by atoms with van der Waals surface area (Å²) >= 11 is 1.36. The summed E-state index contributed by atoms with van der Waals surface area (Å²) in [6.07, 6.45) is 5.93. The topological polar surface area (TPSA) is 79.8 Å². The maximum absolute atomic E-state index is 12.4. The normalized spacial score (nSPS) is 20.7. The molecule has 2 amide bonds. The first-order chi connectivity index (χ1) is 14.7. The fourth-order valence-corrected chi connectivity index (χ4v) is 4.63. The Hall–Kier alpha value is -2.80. The number of thioether (sulfide) groups is 1. The number of hydrogen-bond donors (Lipinski definition) is 2. The Morgan fingerprint density at radius 2 is 1.73 bits per heavy atom. The molecule has 0 aromatic heterocycles. The molecule has 6 nitrogen and oxygen atoms in total. The third kappa shape index (κ3) is 5.63. The molecule has 1 heterocycles. The Bertz CT molecular complexity index is 909. The van der Waals surface area contributed by atoms with E-state index >= 15 is 0 Å². The number of anilines is 1. The lowest BCUT2D eigenvalue weighted by molar-refractivity contribution is -0.122. The van der Waals surface area contributed by atoms with Gasteiger partial charge in [0, 0.05) is 12.1 Å². The Kier molecular flexibility index (Phi) is 6.69. The molecule has 1 atom stereocenters. The number of para-hydroxylation sites is 1. The minimum atomic E-state index is -0.437. The number of ether oxygens (including phenoxy) is 1. The molecule has 2 aromatic carbocycles. The first-order valence-electron chi connectivity index (χ1n) is 10.3. The quantitative estimate of drug-likeness (QED) is 0.704. The maximum Gasteiger partial charge on any atom is 0.240 e. The van der Waals surface area contributed by atoms with E-state index in [4.69, 9.17) is 4.74 Å². The summed E-state index contributed by atoms with van der Waals surface area (Å²) in [5.74, 6) is 1.10. The lowest BCUT2D eigenvalue weighted by Gasteiger charge is -2.17. The Morgan fingerprint density at radius 3 is 2.47 bits per heavy atom. The van der Waals surface area contributed by atoms with E-state index in [0.717, 1.165) is 18.6 Å². The molecule has 2 fully saturated rings. The number of carbonyl (C=O) groups excluding carboxylic acids is 2. The van der Waals surface area contributed by atoms with Gasteiger partial charge in [0.15, 0.2) is 5.17 Å². The number of amides is 2. The molecule has 156 valence electrons. The van der Waals surface area contributed by atoms with E-state index in [1.807, 2.05) is 30.3 Å². The van der Waals surface area contributed by atoms with Gasteiger partial charge in [-0.3, -0.25) is 14.6 Å². The molecule has 2 N–H and O–H groups in total. The van der Waals surface area contributed by atoms with Crippen LogP contribution in [0.25, 0.3) is 0 Å². The van der Waals surface area contributed by atoms with Crippen LogP contribution in [-0.2, 0) is 9.59 Å². The van der Waals surface area contributed by atoms with E-state index in [0.29, 0.717) is 22.6 Å². The van der Waals surface area contributed by atoms with Gasteiger partial charge >= 0.3 is 0 Å². The fourth-order valence-electron chi connectivity index (χ4n) is 3.59. The van der Waals surface area contributed by atoms with Crippen LogP contribution in [0.2, 0.25) is 0 Å². The number of hydrogen-bond acceptors (Lipinski definition) is 5. The molecule has 0 bridgehead atoms. The monoisotopic (exact) mass is 423 g/mol. The Balaban J connectivity index is 1.28. The van der Waals surface area contributed by atoms with Crippen LogP contribution in [0.5, 0.6) is 11.5 Å². The van der Waals surface area contributed by atoms with Crippen molar-refractivity contribution >= 4 is 34.4 Å². The largest absolute Gasteiger partial charge is 0.457 e. The zero-order valence-electron chi connectivity index (χ0n) is 16.7. The van der Waals surface area contributed by atoms with Crippen LogP contribution in [0.3, 0.4) is 0 Å². The number of rotatable bonds is 6. The van der Waals surface area contributed by atoms with E-state index < -0.39 is 5.25 Å². The molecule has 1 saturated heterocycles. The standard InChI is InChI=1S/C23H25N3O3S/c27-21(15-20-22(28)26-23(30-20)25-16-7-3-1-4-8-16)24-17-11-13-19(14-12-17)29-18-9-5-2-6-10-18/h2,5-6,9-14,16,20H,1,3-4,7-8,15H2,(H,24,27)(H,25,26,28). The fraction of sp³-hybridized carbons (Fsp3) is 0.348. The molecule has 1 aliphatic carbocycles. The third-order valence-corrected chi connectivity index (χ3v) is 6.23. The van der Waals surface area contributed by atoms with Crippen LogP contribution in [0.15, 0.2) is 59.6 Å². The van der Waals surface area contributed by atoms with Gasteiger partial charge in [0.2, 0.25) is 11.8 Å². The number of nitrogens with one attached hydrogen (secondary N) is 2. The van der Waals surface area contributed by atoms with Crippen molar-refractivity contribution in [2.45, 2.75) is 49.8 Å². The number of aliphatic imine (C=N–C) groups is 1. The SMILES string of the molecule is O=C(CC1SC(=NC2CCCCC2)NC1=O)Nc1ccc(Oc2ccccc2)cc1. The van der Waals surface area contributed by atoms with Crippen LogP contribution >= 0.6 is 11.8 Å². The van der Waals surface area contributed by atoms with Gasteiger partial charge in [0.1, 0.15) is 16.7 Å². The molecular formula is C23H25N3O3S. The molecule has 7 heteroatoms. The van der Waals surface area contributed by atoms with Crippen molar-refractivity contribution in [2.75, 3.05) is 5.32 Å². The second-order valence-electron chi connectivity index (χ2n) is 7.51. The molecule has 0 spiro atoms. The summed E-state index contributed by atoms with van der Waals surface area (Å²) in [5.41, 5.74) is 0.667. The Labute approximate surface area is 180 Å². The van der Waals surface area contributed by atoms with Gasteiger partial charge in [0.25, 0.3) is 0 Å². The van der Waals surface area contributed by atoms with Gasteiger partial charge in [-0.2, -0.15) is 0 Å². The van der Waals surface area contributed by atoms with Crippen LogP contribution in [0.1, 0.15) is 38.5 Å². The van der Waals surface area contributed by atoms with Crippen molar-refractivity contribution in [1.82, 2.24) is 5.32 Å². The first-order valence-corrected chi connectivity index (χ1v) is 11.2. The zero-order valence-corrected chi connectivity index (χ0v) is 17.5. The summed E-state index contributed by atoms with van der Waals surface area (Å²) in [5, 5.41) is 5.90. The maximum atomic E-state index is 12.4. The smallest absolute Gasteiger partial charge is 0.240 e. The number of carbonyl (C=O) groups is 2. The van der Waals surface area contributed by atoms with Crippen LogP contribution in [-0.4, -0.2) is 28.3 Å². The summed E-state index contributed by atoms with van der Waals surface area (Å²) in [6, 6.07) is 17.0. The van der Waals surface area contributed by atoms with Crippen LogP contribution in [0, 0.1) is 0 Å².